The third-order valence-electron chi connectivity index (χ3n) is 3.17. The second-order valence-corrected chi connectivity index (χ2v) is 5.27. The van der Waals surface area contributed by atoms with E-state index in [1.165, 1.54) is 6.33 Å². The van der Waals surface area contributed by atoms with E-state index in [2.05, 4.69) is 15.4 Å². The molecule has 2 aromatic rings. The lowest BCUT2D eigenvalue weighted by Crippen LogP contribution is -2.36. The van der Waals surface area contributed by atoms with E-state index in [0.29, 0.717) is 29.9 Å². The minimum absolute atomic E-state index is 0.480. The molecule has 19 heavy (non-hydrogen) atoms. The zero-order chi connectivity index (χ0) is 13.3. The van der Waals surface area contributed by atoms with Gasteiger partial charge in [0.1, 0.15) is 18.3 Å². The summed E-state index contributed by atoms with van der Waals surface area (Å²) in [5, 5.41) is 8.52. The SMILES string of the molecule is Clc1ccc(C2(Cn3cncn3)CNCO2)c(Cl)c1. The van der Waals surface area contributed by atoms with E-state index in [-0.39, 0.29) is 0 Å². The molecule has 1 unspecified atom stereocenters. The third-order valence-corrected chi connectivity index (χ3v) is 3.71. The van der Waals surface area contributed by atoms with Gasteiger partial charge in [0, 0.05) is 22.2 Å². The van der Waals surface area contributed by atoms with Crippen LogP contribution in [0.1, 0.15) is 5.56 Å². The monoisotopic (exact) mass is 298 g/mol. The second kappa shape index (κ2) is 5.09. The molecule has 0 bridgehead atoms. The Bertz CT molecular complexity index is 567. The highest BCUT2D eigenvalue weighted by molar-refractivity contribution is 6.35. The third kappa shape index (κ3) is 2.47. The van der Waals surface area contributed by atoms with E-state index in [1.54, 1.807) is 17.1 Å². The Balaban J connectivity index is 2.00. The fraction of sp³-hybridized carbons (Fsp3) is 0.333. The molecule has 3 rings (SSSR count). The highest BCUT2D eigenvalue weighted by Crippen LogP contribution is 2.36. The summed E-state index contributed by atoms with van der Waals surface area (Å²) >= 11 is 12.2. The molecule has 0 spiro atoms. The number of hydrogen-bond donors (Lipinski definition) is 1. The van der Waals surface area contributed by atoms with Crippen LogP contribution in [0.4, 0.5) is 0 Å². The predicted molar refractivity (Wildman–Crippen MR) is 72.1 cm³/mol. The first-order valence-electron chi connectivity index (χ1n) is 5.82. The highest BCUT2D eigenvalue weighted by atomic mass is 35.5. The molecule has 1 aromatic carbocycles. The smallest absolute Gasteiger partial charge is 0.137 e. The van der Waals surface area contributed by atoms with Gasteiger partial charge < -0.3 is 4.74 Å². The number of benzene rings is 1. The maximum atomic E-state index is 6.30. The minimum Gasteiger partial charge on any atom is -0.352 e. The van der Waals surface area contributed by atoms with Crippen LogP contribution in [0.2, 0.25) is 10.0 Å². The molecule has 0 radical (unpaired) electrons. The van der Waals surface area contributed by atoms with Crippen LogP contribution in [0.3, 0.4) is 0 Å². The van der Waals surface area contributed by atoms with Crippen molar-refractivity contribution in [2.75, 3.05) is 13.3 Å². The van der Waals surface area contributed by atoms with Gasteiger partial charge in [-0.3, -0.25) is 5.32 Å². The fourth-order valence-corrected chi connectivity index (χ4v) is 2.87. The van der Waals surface area contributed by atoms with E-state index in [4.69, 9.17) is 27.9 Å². The van der Waals surface area contributed by atoms with Crippen molar-refractivity contribution < 1.29 is 4.74 Å². The van der Waals surface area contributed by atoms with Crippen LogP contribution < -0.4 is 5.32 Å². The predicted octanol–water partition coefficient (Wildman–Crippen LogP) is 2.06. The molecule has 1 aromatic heterocycles. The van der Waals surface area contributed by atoms with Gasteiger partial charge in [0.25, 0.3) is 0 Å². The van der Waals surface area contributed by atoms with Gasteiger partial charge >= 0.3 is 0 Å². The lowest BCUT2D eigenvalue weighted by atomic mass is 9.94. The van der Waals surface area contributed by atoms with Crippen LogP contribution in [0.5, 0.6) is 0 Å². The Morgan fingerprint density at radius 3 is 2.95 bits per heavy atom. The van der Waals surface area contributed by atoms with Crippen molar-refractivity contribution in [1.29, 1.82) is 0 Å². The molecule has 0 amide bonds. The van der Waals surface area contributed by atoms with Gasteiger partial charge in [0.05, 0.1) is 13.3 Å². The van der Waals surface area contributed by atoms with E-state index in [1.807, 2.05) is 12.1 Å². The summed E-state index contributed by atoms with van der Waals surface area (Å²) in [6.45, 7) is 1.68. The Kier molecular flexibility index (Phi) is 3.45. The second-order valence-electron chi connectivity index (χ2n) is 4.43. The van der Waals surface area contributed by atoms with Crippen LogP contribution in [0, 0.1) is 0 Å². The van der Waals surface area contributed by atoms with Gasteiger partial charge in [-0.2, -0.15) is 5.10 Å². The van der Waals surface area contributed by atoms with Crippen molar-refractivity contribution in [3.05, 3.63) is 46.5 Å². The highest BCUT2D eigenvalue weighted by Gasteiger charge is 2.39. The van der Waals surface area contributed by atoms with Crippen molar-refractivity contribution in [2.45, 2.75) is 12.1 Å². The number of ether oxygens (including phenoxy) is 1. The number of nitrogens with one attached hydrogen (secondary N) is 1. The average molecular weight is 299 g/mol. The van der Waals surface area contributed by atoms with Gasteiger partial charge in [0.15, 0.2) is 0 Å². The zero-order valence-electron chi connectivity index (χ0n) is 10.0. The number of rotatable bonds is 3. The summed E-state index contributed by atoms with van der Waals surface area (Å²) in [6.07, 6.45) is 3.16. The lowest BCUT2D eigenvalue weighted by molar-refractivity contribution is -0.00960. The molecule has 2 heterocycles. The standard InChI is InChI=1S/C12H12Cl2N4O/c13-9-1-2-10(11(14)3-9)12(4-15-8-19-12)5-18-7-16-6-17-18/h1-3,6-7,15H,4-5,8H2. The summed E-state index contributed by atoms with van der Waals surface area (Å²) in [4.78, 5) is 3.95. The number of hydrogen-bond acceptors (Lipinski definition) is 4. The molecular weight excluding hydrogens is 287 g/mol. The molecule has 1 atom stereocenters. The Labute approximate surface area is 120 Å². The molecule has 5 nitrogen and oxygen atoms in total. The summed E-state index contributed by atoms with van der Waals surface area (Å²) in [5.74, 6) is 0. The van der Waals surface area contributed by atoms with Crippen molar-refractivity contribution >= 4 is 23.2 Å². The van der Waals surface area contributed by atoms with E-state index in [0.717, 1.165) is 5.56 Å². The molecule has 7 heteroatoms. The van der Waals surface area contributed by atoms with Gasteiger partial charge in [-0.05, 0) is 12.1 Å². The minimum atomic E-state index is -0.546. The maximum Gasteiger partial charge on any atom is 0.137 e. The molecular formula is C12H12Cl2N4O. The van der Waals surface area contributed by atoms with Crippen LogP contribution in [0.25, 0.3) is 0 Å². The molecule has 1 aliphatic rings. The Morgan fingerprint density at radius 2 is 2.32 bits per heavy atom. The molecule has 0 saturated carbocycles. The maximum absolute atomic E-state index is 6.30. The molecule has 1 aliphatic heterocycles. The molecule has 1 saturated heterocycles. The van der Waals surface area contributed by atoms with E-state index < -0.39 is 5.60 Å². The summed E-state index contributed by atoms with van der Waals surface area (Å²) in [5.41, 5.74) is 0.356. The van der Waals surface area contributed by atoms with Crippen molar-refractivity contribution in [3.8, 4) is 0 Å². The fourth-order valence-electron chi connectivity index (χ4n) is 2.29. The van der Waals surface area contributed by atoms with Crippen LogP contribution in [0.15, 0.2) is 30.9 Å². The van der Waals surface area contributed by atoms with Gasteiger partial charge in [-0.25, -0.2) is 9.67 Å². The van der Waals surface area contributed by atoms with Gasteiger partial charge in [-0.1, -0.05) is 29.3 Å². The first-order valence-corrected chi connectivity index (χ1v) is 6.58. The van der Waals surface area contributed by atoms with Crippen molar-refractivity contribution in [2.24, 2.45) is 0 Å². The molecule has 1 fully saturated rings. The largest absolute Gasteiger partial charge is 0.352 e. The Hall–Kier alpha value is -1.14. The summed E-state index contributed by atoms with van der Waals surface area (Å²) in [6, 6.07) is 5.44. The summed E-state index contributed by atoms with van der Waals surface area (Å²) < 4.78 is 7.63. The van der Waals surface area contributed by atoms with Gasteiger partial charge in [0.2, 0.25) is 0 Å². The summed E-state index contributed by atoms with van der Waals surface area (Å²) in [7, 11) is 0. The number of aromatic nitrogens is 3. The Morgan fingerprint density at radius 1 is 1.42 bits per heavy atom. The normalized spacial score (nSPS) is 22.8. The number of nitrogens with zero attached hydrogens (tertiary/aromatic N) is 3. The lowest BCUT2D eigenvalue weighted by Gasteiger charge is -2.28. The van der Waals surface area contributed by atoms with Crippen molar-refractivity contribution in [1.82, 2.24) is 20.1 Å². The van der Waals surface area contributed by atoms with E-state index in [9.17, 15) is 0 Å². The van der Waals surface area contributed by atoms with Crippen LogP contribution >= 0.6 is 23.2 Å². The van der Waals surface area contributed by atoms with Crippen LogP contribution in [-0.2, 0) is 16.9 Å². The molecule has 0 aliphatic carbocycles. The topological polar surface area (TPSA) is 52.0 Å². The van der Waals surface area contributed by atoms with Crippen molar-refractivity contribution in [3.63, 3.8) is 0 Å². The first-order chi connectivity index (χ1) is 9.20. The van der Waals surface area contributed by atoms with Gasteiger partial charge in [-0.15, -0.1) is 0 Å². The molecule has 1 N–H and O–H groups in total. The van der Waals surface area contributed by atoms with Crippen LogP contribution in [-0.4, -0.2) is 28.0 Å². The number of halogens is 2. The average Bonchev–Trinajstić information content (AvgIpc) is 3.02. The zero-order valence-corrected chi connectivity index (χ0v) is 11.5. The van der Waals surface area contributed by atoms with E-state index >= 15 is 0 Å². The quantitative estimate of drug-likeness (QED) is 0.942. The molecule has 100 valence electrons. The first kappa shape index (κ1) is 12.9.